The van der Waals surface area contributed by atoms with E-state index in [-0.39, 0.29) is 40.5 Å². The van der Waals surface area contributed by atoms with Gasteiger partial charge in [0, 0.05) is 23.8 Å². The van der Waals surface area contributed by atoms with Crippen molar-refractivity contribution in [1.29, 1.82) is 0 Å². The van der Waals surface area contributed by atoms with Gasteiger partial charge in [0.25, 0.3) is 5.69 Å². The minimum Gasteiger partial charge on any atom is -0.778 e. The number of nitro benzene ring substituents is 1. The maximum Gasteiger partial charge on any atom is 0.345 e. The number of esters is 1. The highest BCUT2D eigenvalue weighted by molar-refractivity contribution is 7.94. The molecule has 0 spiro atoms. The van der Waals surface area contributed by atoms with E-state index in [1.807, 2.05) is 37.4 Å². The molecule has 20 heteroatoms. The summed E-state index contributed by atoms with van der Waals surface area (Å²) in [5.41, 5.74) is 2.54. The number of aryl methyl sites for hydroxylation is 2. The minimum atomic E-state index is -4.35. The van der Waals surface area contributed by atoms with Crippen LogP contribution in [0.3, 0.4) is 0 Å². The summed E-state index contributed by atoms with van der Waals surface area (Å²) in [6.07, 6.45) is 6.74. The van der Waals surface area contributed by atoms with Gasteiger partial charge >= 0.3 is 11.9 Å². The van der Waals surface area contributed by atoms with Gasteiger partial charge in [-0.15, -0.1) is 11.6 Å². The van der Waals surface area contributed by atoms with Gasteiger partial charge in [-0.25, -0.2) is 4.79 Å². The van der Waals surface area contributed by atoms with Crippen LogP contribution >= 0.6 is 42.4 Å². The van der Waals surface area contributed by atoms with Crippen molar-refractivity contribution in [2.75, 3.05) is 62.8 Å². The highest BCUT2D eigenvalue weighted by Gasteiger charge is 2.22. The molecular formula is C34H45Cl3N3O12PS. The Morgan fingerprint density at radius 3 is 2.17 bits per heavy atom. The summed E-state index contributed by atoms with van der Waals surface area (Å²) in [6, 6.07) is 14.4. The Kier molecular flexibility index (Phi) is 24.7. The number of benzene rings is 3. The first-order chi connectivity index (χ1) is 25.2. The number of carboxylic acids is 1. The number of carbonyl (C=O) groups excluding carboxylic acids is 2. The van der Waals surface area contributed by atoms with E-state index in [4.69, 9.17) is 54.3 Å². The summed E-state index contributed by atoms with van der Waals surface area (Å²) in [5.74, 6) is -1.67. The molecule has 3 aromatic carbocycles. The molecular weight excluding hydrogens is 812 g/mol. The van der Waals surface area contributed by atoms with Crippen molar-refractivity contribution in [3.63, 3.8) is 0 Å². The molecule has 0 bridgehead atoms. The molecule has 0 heterocycles. The third-order valence-electron chi connectivity index (χ3n) is 6.09. The lowest BCUT2D eigenvalue weighted by molar-refractivity contribution is -0.385. The van der Waals surface area contributed by atoms with Gasteiger partial charge in [-0.05, 0) is 66.6 Å². The largest absolute Gasteiger partial charge is 0.778 e. The average molecular weight is 857 g/mol. The lowest BCUT2D eigenvalue weighted by Gasteiger charge is -2.25. The number of hydrogen-bond donors (Lipinski definition) is 3. The summed E-state index contributed by atoms with van der Waals surface area (Å²) >= 11 is 17.4. The van der Waals surface area contributed by atoms with E-state index in [0.717, 1.165) is 36.4 Å². The Morgan fingerprint density at radius 1 is 1.06 bits per heavy atom. The predicted octanol–water partition coefficient (Wildman–Crippen LogP) is 6.26. The first-order valence-corrected chi connectivity index (χ1v) is 21.2. The fourth-order valence-electron chi connectivity index (χ4n) is 3.91. The number of halogens is 3. The third-order valence-corrected chi connectivity index (χ3v) is 7.47. The molecule has 15 nitrogen and oxygen atoms in total. The lowest BCUT2D eigenvalue weighted by Crippen LogP contribution is -2.35. The van der Waals surface area contributed by atoms with E-state index in [1.165, 1.54) is 18.2 Å². The zero-order valence-electron chi connectivity index (χ0n) is 30.8. The molecule has 0 radical (unpaired) electrons. The van der Waals surface area contributed by atoms with E-state index in [9.17, 15) is 34.0 Å². The number of anilines is 1. The zero-order valence-corrected chi connectivity index (χ0v) is 34.8. The van der Waals surface area contributed by atoms with E-state index in [2.05, 4.69) is 30.4 Å². The second kappa shape index (κ2) is 26.4. The summed E-state index contributed by atoms with van der Waals surface area (Å²) in [4.78, 5) is 63.2. The van der Waals surface area contributed by atoms with E-state index in [0.29, 0.717) is 28.3 Å². The van der Waals surface area contributed by atoms with Crippen molar-refractivity contribution >= 4 is 82.5 Å². The van der Waals surface area contributed by atoms with E-state index < -0.39 is 37.3 Å². The molecule has 3 aromatic rings. The maximum absolute atomic E-state index is 12.0. The number of carboxylic acid groups (broad SMARTS) is 1. The second-order valence-electron chi connectivity index (χ2n) is 11.0. The highest BCUT2D eigenvalue weighted by atomic mass is 35.5. The molecule has 0 aliphatic heterocycles. The summed E-state index contributed by atoms with van der Waals surface area (Å²) in [7, 11) is -2.57. The van der Waals surface area contributed by atoms with Gasteiger partial charge in [0.15, 0.2) is 0 Å². The van der Waals surface area contributed by atoms with Crippen LogP contribution in [-0.2, 0) is 40.9 Å². The number of nitro groups is 1. The van der Waals surface area contributed by atoms with Crippen LogP contribution in [0.4, 0.5) is 11.4 Å². The van der Waals surface area contributed by atoms with Crippen molar-refractivity contribution in [1.82, 2.24) is 5.32 Å². The molecule has 1 atom stereocenters. The molecule has 3 rings (SSSR count). The van der Waals surface area contributed by atoms with Crippen LogP contribution in [0.15, 0.2) is 54.6 Å². The monoisotopic (exact) mass is 855 g/mol. The quantitative estimate of drug-likeness (QED) is 0.0311. The topological polar surface area (TPSA) is 218 Å². The molecule has 0 saturated heterocycles. The van der Waals surface area contributed by atoms with Gasteiger partial charge < -0.3 is 33.7 Å². The smallest absolute Gasteiger partial charge is 0.345 e. The summed E-state index contributed by atoms with van der Waals surface area (Å²) in [6.45, 7) is 6.31. The zero-order chi connectivity index (χ0) is 41.6. The number of carbonyl (C=O) groups is 3. The van der Waals surface area contributed by atoms with Gasteiger partial charge in [-0.2, -0.15) is 0 Å². The van der Waals surface area contributed by atoms with Crippen LogP contribution in [-0.4, -0.2) is 90.7 Å². The number of nitrogens with one attached hydrogen (secondary N) is 1. The van der Waals surface area contributed by atoms with Crippen molar-refractivity contribution in [2.24, 2.45) is 0 Å². The number of ether oxygens (including phenoxy) is 3. The summed E-state index contributed by atoms with van der Waals surface area (Å²) < 4.78 is 25.4. The van der Waals surface area contributed by atoms with Crippen LogP contribution in [0, 0.1) is 17.0 Å². The normalized spacial score (nSPS) is 11.3. The summed E-state index contributed by atoms with van der Waals surface area (Å²) in [5, 5.41) is 21.6. The highest BCUT2D eigenvalue weighted by Crippen LogP contribution is 2.34. The molecule has 0 saturated carbocycles. The van der Waals surface area contributed by atoms with Crippen molar-refractivity contribution in [2.45, 2.75) is 27.2 Å². The molecule has 0 aromatic heterocycles. The number of nitrogens with zero attached hydrogens (tertiary/aromatic N) is 2. The van der Waals surface area contributed by atoms with Crippen LogP contribution in [0.25, 0.3) is 0 Å². The van der Waals surface area contributed by atoms with Crippen LogP contribution in [0.5, 0.6) is 11.5 Å². The number of amides is 1. The molecule has 0 fully saturated rings. The SMILES string of the molecule is CCOCN(C(=O)CCl)c1c(C)cccc1CC.COC(=O)c1cc(Oc2ccc(Cl)cc2Cl)ccc1[N+](=O)[O-].C[S+](C)C.O=C(O)CNCP(=O)([O-])O. The van der Waals surface area contributed by atoms with Crippen LogP contribution < -0.4 is 19.8 Å². The first kappa shape index (κ1) is 50.6. The fraction of sp³-hybridized carbons (Fsp3) is 0.382. The Hall–Kier alpha value is -3.44. The predicted molar refractivity (Wildman–Crippen MR) is 212 cm³/mol. The van der Waals surface area contributed by atoms with Crippen molar-refractivity contribution < 1.29 is 53.0 Å². The van der Waals surface area contributed by atoms with Crippen LogP contribution in [0.2, 0.25) is 10.0 Å². The van der Waals surface area contributed by atoms with E-state index in [1.54, 1.807) is 17.0 Å². The Balaban J connectivity index is 0.000000786. The maximum atomic E-state index is 12.0. The average Bonchev–Trinajstić information content (AvgIpc) is 3.09. The standard InChI is InChI=1S/C14H9Cl2NO5.C14H20ClNO2.C3H8NO5P.C3H9S/c1-21-14(18)10-7-9(3-4-12(10)17(19)20)22-13-5-2-8(15)6-11(13)16;1-4-12-8-6-7-11(3)14(12)16(10-18-5-2)13(17)9-15;5-3(6)1-4-2-10(7,8)9;1-4(2)3/h2-7H,1H3;6-8H,4-5,9-10H2,1-3H3;4H,1-2H2,(H,5,6)(H2,7,8,9);1-3H3/q;;;+1/p-1. The van der Waals surface area contributed by atoms with Crippen molar-refractivity contribution in [3.05, 3.63) is 91.4 Å². The molecule has 1 unspecified atom stereocenters. The molecule has 1 amide bonds. The Labute approximate surface area is 332 Å². The molecule has 300 valence electrons. The Morgan fingerprint density at radius 2 is 1.69 bits per heavy atom. The fourth-order valence-corrected chi connectivity index (χ4v) is 4.89. The van der Waals surface area contributed by atoms with Gasteiger partial charge in [0.2, 0.25) is 5.91 Å². The van der Waals surface area contributed by atoms with Gasteiger partial charge in [0.1, 0.15) is 37.3 Å². The lowest BCUT2D eigenvalue weighted by atomic mass is 10.0. The second-order valence-corrected chi connectivity index (χ2v) is 16.1. The van der Waals surface area contributed by atoms with Crippen LogP contribution in [0.1, 0.15) is 35.3 Å². The number of methoxy groups -OCH3 is 1. The third kappa shape index (κ3) is 20.3. The van der Waals surface area contributed by atoms with Gasteiger partial charge in [0.05, 0.1) is 54.3 Å². The van der Waals surface area contributed by atoms with Crippen molar-refractivity contribution in [3.8, 4) is 11.5 Å². The molecule has 0 aliphatic carbocycles. The molecule has 54 heavy (non-hydrogen) atoms. The number of aliphatic carboxylic acids is 1. The Bertz CT molecular complexity index is 1730. The minimum absolute atomic E-state index is 0.0371. The van der Waals surface area contributed by atoms with Gasteiger partial charge in [-0.3, -0.25) is 29.9 Å². The number of alkyl halides is 1. The number of hydrogen-bond acceptors (Lipinski definition) is 11. The molecule has 0 aliphatic rings. The van der Waals surface area contributed by atoms with Gasteiger partial charge in [-0.1, -0.05) is 48.3 Å². The molecule has 3 N–H and O–H groups in total. The van der Waals surface area contributed by atoms with E-state index >= 15 is 0 Å². The number of rotatable bonds is 14. The number of para-hydroxylation sites is 1. The first-order valence-electron chi connectivity index (χ1n) is 15.7.